The summed E-state index contributed by atoms with van der Waals surface area (Å²) in [6, 6.07) is 5.60. The molecule has 1 aromatic heterocycles. The number of carbonyl (C=O) groups is 2. The Hall–Kier alpha value is -4.22. The minimum atomic E-state index is -1.00. The molecule has 12 nitrogen and oxygen atoms in total. The molecule has 32 heavy (non-hydrogen) atoms. The smallest absolute Gasteiger partial charge is 0.337 e. The second-order valence-corrected chi connectivity index (χ2v) is 7.02. The first-order valence-electron chi connectivity index (χ1n) is 9.39. The molecule has 1 aliphatic rings. The summed E-state index contributed by atoms with van der Waals surface area (Å²) in [5.74, 6) is -2.54. The van der Waals surface area contributed by atoms with Gasteiger partial charge in [-0.2, -0.15) is 0 Å². The van der Waals surface area contributed by atoms with Crippen LogP contribution < -0.4 is 10.2 Å². The molecule has 0 amide bonds. The average Bonchev–Trinajstić information content (AvgIpc) is 3.08. The molecule has 2 heterocycles. The zero-order chi connectivity index (χ0) is 23.6. The molecule has 2 aromatic rings. The highest BCUT2D eigenvalue weighted by Crippen LogP contribution is 2.40. The Bertz CT molecular complexity index is 1140. The van der Waals surface area contributed by atoms with Crippen LogP contribution in [0.15, 0.2) is 51.4 Å². The number of nitrogens with zero attached hydrogens (tertiary/aromatic N) is 3. The van der Waals surface area contributed by atoms with E-state index in [0.717, 1.165) is 0 Å². The quantitative estimate of drug-likeness (QED) is 0.300. The lowest BCUT2D eigenvalue weighted by Crippen LogP contribution is -2.33. The van der Waals surface area contributed by atoms with Crippen LogP contribution in [0.4, 0.5) is 5.69 Å². The lowest BCUT2D eigenvalue weighted by atomic mass is 9.80. The number of aromatic nitrogens is 2. The molecule has 168 valence electrons. The van der Waals surface area contributed by atoms with E-state index in [2.05, 4.69) is 15.1 Å². The average molecular weight is 444 g/mol. The van der Waals surface area contributed by atoms with Gasteiger partial charge >= 0.3 is 11.9 Å². The van der Waals surface area contributed by atoms with Crippen LogP contribution in [0.5, 0.6) is 0 Å². The van der Waals surface area contributed by atoms with E-state index >= 15 is 0 Å². The Kier molecular flexibility index (Phi) is 6.23. The maximum Gasteiger partial charge on any atom is 0.337 e. The summed E-state index contributed by atoms with van der Waals surface area (Å²) in [5, 5.41) is 29.4. The number of hydrogen-bond donors (Lipinski definition) is 1. The number of non-ortho nitro benzene ring substituents is 1. The largest absolute Gasteiger partial charge is 0.466 e. The van der Waals surface area contributed by atoms with Crippen LogP contribution in [0.25, 0.3) is 0 Å². The van der Waals surface area contributed by atoms with Crippen molar-refractivity contribution < 1.29 is 33.5 Å². The number of ether oxygens (including phenoxy) is 2. The second-order valence-electron chi connectivity index (χ2n) is 7.02. The molecule has 1 atom stereocenters. The molecule has 1 aromatic carbocycles. The van der Waals surface area contributed by atoms with Gasteiger partial charge in [-0.1, -0.05) is 12.1 Å². The Balaban J connectivity index is 2.06. The van der Waals surface area contributed by atoms with E-state index < -0.39 is 29.4 Å². The molecule has 0 saturated carbocycles. The Morgan fingerprint density at radius 2 is 1.88 bits per heavy atom. The van der Waals surface area contributed by atoms with E-state index in [4.69, 9.17) is 9.47 Å². The highest BCUT2D eigenvalue weighted by molar-refractivity contribution is 5.99. The Morgan fingerprint density at radius 1 is 1.22 bits per heavy atom. The fourth-order valence-electron chi connectivity index (χ4n) is 3.50. The van der Waals surface area contributed by atoms with Crippen LogP contribution in [-0.2, 0) is 25.7 Å². The van der Waals surface area contributed by atoms with E-state index in [1.165, 1.54) is 32.2 Å². The monoisotopic (exact) mass is 444 g/mol. The van der Waals surface area contributed by atoms with Gasteiger partial charge in [-0.15, -0.1) is 0 Å². The molecule has 0 spiro atoms. The fourth-order valence-corrected chi connectivity index (χ4v) is 3.50. The van der Waals surface area contributed by atoms with Crippen molar-refractivity contribution >= 4 is 17.6 Å². The molecule has 0 fully saturated rings. The number of hydrogen-bond acceptors (Lipinski definition) is 10. The summed E-state index contributed by atoms with van der Waals surface area (Å²) in [4.78, 5) is 36.5. The van der Waals surface area contributed by atoms with E-state index in [-0.39, 0.29) is 33.1 Å². The zero-order valence-corrected chi connectivity index (χ0v) is 17.7. The predicted octanol–water partition coefficient (Wildman–Crippen LogP) is 1.68. The maximum atomic E-state index is 13.1. The van der Waals surface area contributed by atoms with Crippen molar-refractivity contribution in [1.29, 1.82) is 0 Å². The van der Waals surface area contributed by atoms with Gasteiger partial charge in [0.2, 0.25) is 11.4 Å². The summed E-state index contributed by atoms with van der Waals surface area (Å²) >= 11 is 0. The van der Waals surface area contributed by atoms with Gasteiger partial charge in [-0.25, -0.2) is 9.59 Å². The molecule has 1 aliphatic heterocycles. The Labute approximate surface area is 181 Å². The summed E-state index contributed by atoms with van der Waals surface area (Å²) < 4.78 is 14.7. The van der Waals surface area contributed by atoms with E-state index in [9.17, 15) is 24.9 Å². The zero-order valence-electron chi connectivity index (χ0n) is 17.7. The van der Waals surface area contributed by atoms with Gasteiger partial charge in [0.1, 0.15) is 0 Å². The number of nitro benzene ring substituents is 1. The van der Waals surface area contributed by atoms with Gasteiger partial charge in [0.15, 0.2) is 6.61 Å². The topological polar surface area (TPSA) is 161 Å². The van der Waals surface area contributed by atoms with Gasteiger partial charge in [0.25, 0.3) is 5.69 Å². The first kappa shape index (κ1) is 22.5. The molecule has 0 bridgehead atoms. The summed E-state index contributed by atoms with van der Waals surface area (Å²) in [6.45, 7) is 4.33. The lowest BCUT2D eigenvalue weighted by Gasteiger charge is -2.30. The minimum absolute atomic E-state index is 0.00665. The molecule has 0 saturated heterocycles. The van der Waals surface area contributed by atoms with Crippen LogP contribution in [0.3, 0.4) is 0 Å². The second kappa shape index (κ2) is 8.88. The number of dihydropyridines is 1. The van der Waals surface area contributed by atoms with E-state index in [1.54, 1.807) is 19.9 Å². The van der Waals surface area contributed by atoms with E-state index in [0.29, 0.717) is 17.0 Å². The van der Waals surface area contributed by atoms with Gasteiger partial charge in [0, 0.05) is 35.6 Å². The number of methoxy groups -OCH3 is 1. The standard InChI is InChI=1S/C20H20N4O8/c1-10-15(24(29)32-22-10)9-31-20(26)17-12(3)21-11(2)16(19(25)30-4)18(17)13-6-5-7-14(8-13)23(27)28/h5-8,18,21H,9H2,1-4H3. The van der Waals surface area contributed by atoms with Crippen molar-refractivity contribution in [2.24, 2.45) is 0 Å². The van der Waals surface area contributed by atoms with Gasteiger partial charge in [0.05, 0.1) is 29.1 Å². The summed E-state index contributed by atoms with van der Waals surface area (Å²) in [6.07, 6.45) is 0. The molecule has 0 radical (unpaired) electrons. The number of nitrogens with one attached hydrogen (secondary N) is 1. The SMILES string of the molecule is COC(=O)C1=C(C)NC(C)=C(C(=O)OCc2c(C)no[n+]2[O-])C1c1cccc([N+](=O)[O-])c1. The number of rotatable bonds is 6. The van der Waals surface area contributed by atoms with Gasteiger partial charge in [-0.3, -0.25) is 14.7 Å². The summed E-state index contributed by atoms with van der Waals surface area (Å²) in [7, 11) is 1.19. The number of esters is 2. The molecule has 1 N–H and O–H groups in total. The van der Waals surface area contributed by atoms with Crippen LogP contribution >= 0.6 is 0 Å². The molecule has 3 rings (SSSR count). The van der Waals surface area contributed by atoms with Gasteiger partial charge < -0.3 is 20.0 Å². The molecule has 0 aliphatic carbocycles. The Morgan fingerprint density at radius 3 is 2.44 bits per heavy atom. The molecule has 12 heteroatoms. The third kappa shape index (κ3) is 4.15. The van der Waals surface area contributed by atoms with Crippen molar-refractivity contribution in [3.8, 4) is 0 Å². The van der Waals surface area contributed by atoms with Crippen molar-refractivity contribution in [3.63, 3.8) is 0 Å². The van der Waals surface area contributed by atoms with Crippen molar-refractivity contribution in [3.05, 3.63) is 79.1 Å². The number of carbonyl (C=O) groups excluding carboxylic acids is 2. The maximum absolute atomic E-state index is 13.1. The van der Waals surface area contributed by atoms with Gasteiger partial charge in [-0.05, 0) is 24.3 Å². The molecule has 1 unspecified atom stereocenters. The first-order valence-corrected chi connectivity index (χ1v) is 9.39. The summed E-state index contributed by atoms with van der Waals surface area (Å²) in [5.41, 5.74) is 1.33. The van der Waals surface area contributed by atoms with Crippen LogP contribution in [0, 0.1) is 22.2 Å². The van der Waals surface area contributed by atoms with Crippen molar-refractivity contribution in [2.75, 3.05) is 7.11 Å². The fraction of sp³-hybridized carbons (Fsp3) is 0.300. The van der Waals surface area contributed by atoms with Crippen molar-refractivity contribution in [1.82, 2.24) is 10.5 Å². The number of aryl methyl sites for hydroxylation is 1. The molecular formula is C20H20N4O8. The van der Waals surface area contributed by atoms with Crippen molar-refractivity contribution in [2.45, 2.75) is 33.3 Å². The van der Waals surface area contributed by atoms with E-state index in [1.807, 2.05) is 0 Å². The highest BCUT2D eigenvalue weighted by atomic mass is 16.8. The molecular weight excluding hydrogens is 424 g/mol. The number of benzene rings is 1. The highest BCUT2D eigenvalue weighted by Gasteiger charge is 2.38. The normalized spacial score (nSPS) is 15.9. The minimum Gasteiger partial charge on any atom is -0.466 e. The van der Waals surface area contributed by atoms with Crippen LogP contribution in [0.2, 0.25) is 0 Å². The predicted molar refractivity (Wildman–Crippen MR) is 106 cm³/mol. The third-order valence-corrected chi connectivity index (χ3v) is 5.03. The lowest BCUT2D eigenvalue weighted by molar-refractivity contribution is -0.809. The van der Waals surface area contributed by atoms with Crippen LogP contribution in [-0.4, -0.2) is 29.1 Å². The third-order valence-electron chi connectivity index (χ3n) is 5.03. The number of nitro groups is 1. The first-order chi connectivity index (χ1) is 15.1. The van der Waals surface area contributed by atoms with Crippen LogP contribution in [0.1, 0.15) is 36.7 Å². The number of allylic oxidation sites excluding steroid dienone is 2.